The van der Waals surface area contributed by atoms with Crippen LogP contribution in [0.25, 0.3) is 0 Å². The Morgan fingerprint density at radius 2 is 2.16 bits per heavy atom. The number of nitrogens with zero attached hydrogens (tertiary/aromatic N) is 2. The zero-order valence-electron chi connectivity index (χ0n) is 17.6. The second-order valence-electron chi connectivity index (χ2n) is 7.71. The highest BCUT2D eigenvalue weighted by Gasteiger charge is 2.30. The molecule has 1 aliphatic rings. The second kappa shape index (κ2) is 10.1. The average molecular weight is 516 g/mol. The summed E-state index contributed by atoms with van der Waals surface area (Å²) in [6.45, 7) is 5.97. The van der Waals surface area contributed by atoms with Crippen molar-refractivity contribution >= 4 is 37.9 Å². The van der Waals surface area contributed by atoms with Crippen LogP contribution in [0.4, 0.5) is 5.69 Å². The Bertz CT molecular complexity index is 1030. The van der Waals surface area contributed by atoms with Gasteiger partial charge in [-0.1, -0.05) is 29.8 Å². The minimum atomic E-state index is -4.37. The molecule has 1 unspecified atom stereocenters. The van der Waals surface area contributed by atoms with Crippen molar-refractivity contribution in [2.45, 2.75) is 46.3 Å². The van der Waals surface area contributed by atoms with Gasteiger partial charge in [-0.2, -0.15) is 13.5 Å². The number of hydrogen-bond donors (Lipinski definition) is 1. The van der Waals surface area contributed by atoms with E-state index in [-0.39, 0.29) is 24.0 Å². The van der Waals surface area contributed by atoms with Gasteiger partial charge in [-0.25, -0.2) is 8.86 Å². The summed E-state index contributed by atoms with van der Waals surface area (Å²) < 4.78 is 42.5. The molecule has 0 spiro atoms. The molecule has 1 N–H and O–H groups in total. The molecule has 0 bridgehead atoms. The largest absolute Gasteiger partial charge is 0.449 e. The lowest BCUT2D eigenvalue weighted by Crippen LogP contribution is -2.26. The summed E-state index contributed by atoms with van der Waals surface area (Å²) in [5.41, 5.74) is 1.36. The van der Waals surface area contributed by atoms with Crippen molar-refractivity contribution < 1.29 is 26.3 Å². The number of carbonyl (C=O) groups excluding carboxylic acids is 1. The van der Waals surface area contributed by atoms with Crippen molar-refractivity contribution in [1.82, 2.24) is 9.78 Å². The van der Waals surface area contributed by atoms with E-state index in [0.29, 0.717) is 18.7 Å². The number of aromatic nitrogens is 2. The van der Waals surface area contributed by atoms with Gasteiger partial charge in [0.05, 0.1) is 12.8 Å². The predicted octanol–water partition coefficient (Wildman–Crippen LogP) is 4.20. The van der Waals surface area contributed by atoms with Gasteiger partial charge in [0.15, 0.2) is 17.7 Å². The molecule has 1 amide bonds. The van der Waals surface area contributed by atoms with E-state index in [1.165, 1.54) is 10.9 Å². The molecule has 1 aliphatic heterocycles. The standard InChI is InChI=1S/C20H26BrN3O6S/c1-13(2)12-29-31(26,27)30-17-11-22-24(18-6-4-5-9-28-18)19(17)20(25)23-16-8-7-15(21)10-14(16)3/h7-8,10-11,13,18H,4-6,9,12H2,1-3H3,(H,23,25). The topological polar surface area (TPSA) is 109 Å². The number of benzene rings is 1. The van der Waals surface area contributed by atoms with Crippen molar-refractivity contribution in [2.75, 3.05) is 18.5 Å². The quantitative estimate of drug-likeness (QED) is 0.560. The molecule has 1 fully saturated rings. The van der Waals surface area contributed by atoms with E-state index in [4.69, 9.17) is 13.1 Å². The van der Waals surface area contributed by atoms with Crippen LogP contribution >= 0.6 is 15.9 Å². The summed E-state index contributed by atoms with van der Waals surface area (Å²) >= 11 is 3.39. The van der Waals surface area contributed by atoms with Gasteiger partial charge in [0.2, 0.25) is 0 Å². The Hall–Kier alpha value is -1.95. The van der Waals surface area contributed by atoms with Crippen molar-refractivity contribution in [2.24, 2.45) is 5.92 Å². The Kier molecular flexibility index (Phi) is 7.73. The Balaban J connectivity index is 1.92. The van der Waals surface area contributed by atoms with E-state index in [2.05, 4.69) is 26.3 Å². The number of rotatable bonds is 8. The molecule has 170 valence electrons. The van der Waals surface area contributed by atoms with Gasteiger partial charge in [-0.15, -0.1) is 0 Å². The van der Waals surface area contributed by atoms with Crippen LogP contribution in [-0.4, -0.2) is 37.3 Å². The van der Waals surface area contributed by atoms with Gasteiger partial charge in [-0.05, 0) is 55.9 Å². The molecule has 1 aromatic carbocycles. The summed E-state index contributed by atoms with van der Waals surface area (Å²) in [4.78, 5) is 13.2. The van der Waals surface area contributed by atoms with E-state index in [1.54, 1.807) is 12.1 Å². The Labute approximate surface area is 190 Å². The van der Waals surface area contributed by atoms with Crippen LogP contribution in [-0.2, 0) is 19.3 Å². The fourth-order valence-corrected chi connectivity index (χ4v) is 4.36. The molecule has 1 saturated heterocycles. The third-order valence-electron chi connectivity index (χ3n) is 4.58. The fourth-order valence-electron chi connectivity index (χ4n) is 3.06. The molecule has 2 aromatic rings. The summed E-state index contributed by atoms with van der Waals surface area (Å²) in [5, 5.41) is 7.00. The number of ether oxygens (including phenoxy) is 1. The number of amides is 1. The highest BCUT2D eigenvalue weighted by Crippen LogP contribution is 2.30. The lowest BCUT2D eigenvalue weighted by Gasteiger charge is -2.24. The molecule has 1 aromatic heterocycles. The normalized spacial score (nSPS) is 17.0. The van der Waals surface area contributed by atoms with Gasteiger partial charge in [0.1, 0.15) is 0 Å². The molecule has 0 radical (unpaired) electrons. The van der Waals surface area contributed by atoms with Crippen LogP contribution in [0, 0.1) is 12.8 Å². The average Bonchev–Trinajstić information content (AvgIpc) is 3.12. The van der Waals surface area contributed by atoms with E-state index in [9.17, 15) is 13.2 Å². The maximum atomic E-state index is 13.2. The highest BCUT2D eigenvalue weighted by molar-refractivity contribution is 9.10. The zero-order valence-corrected chi connectivity index (χ0v) is 20.0. The van der Waals surface area contributed by atoms with Crippen molar-refractivity contribution in [3.8, 4) is 5.75 Å². The highest BCUT2D eigenvalue weighted by atomic mass is 79.9. The maximum Gasteiger partial charge on any atom is 0.449 e. The van der Waals surface area contributed by atoms with Gasteiger partial charge >= 0.3 is 10.4 Å². The molecule has 2 heterocycles. The Morgan fingerprint density at radius 3 is 2.81 bits per heavy atom. The molecule has 31 heavy (non-hydrogen) atoms. The smallest absolute Gasteiger partial charge is 0.357 e. The SMILES string of the molecule is Cc1cc(Br)ccc1NC(=O)c1c(OS(=O)(=O)OCC(C)C)cnn1C1CCCCO1. The molecule has 3 rings (SSSR count). The molecule has 1 atom stereocenters. The van der Waals surface area contributed by atoms with Crippen molar-refractivity contribution in [3.05, 3.63) is 40.1 Å². The lowest BCUT2D eigenvalue weighted by molar-refractivity contribution is -0.0405. The van der Waals surface area contributed by atoms with Crippen molar-refractivity contribution in [1.29, 1.82) is 0 Å². The molecule has 11 heteroatoms. The number of carbonyl (C=O) groups is 1. The minimum absolute atomic E-state index is 0.0140. The van der Waals surface area contributed by atoms with Crippen LogP contribution in [0.15, 0.2) is 28.9 Å². The Morgan fingerprint density at radius 1 is 1.39 bits per heavy atom. The molecule has 9 nitrogen and oxygen atoms in total. The number of hydrogen-bond acceptors (Lipinski definition) is 7. The third kappa shape index (κ3) is 6.28. The second-order valence-corrected chi connectivity index (χ2v) is 9.84. The predicted molar refractivity (Wildman–Crippen MR) is 118 cm³/mol. The van der Waals surface area contributed by atoms with Crippen LogP contribution in [0.1, 0.15) is 55.4 Å². The first-order valence-corrected chi connectivity index (χ1v) is 12.1. The van der Waals surface area contributed by atoms with E-state index >= 15 is 0 Å². The van der Waals surface area contributed by atoms with Crippen LogP contribution in [0.2, 0.25) is 0 Å². The van der Waals surface area contributed by atoms with E-state index in [1.807, 2.05) is 26.8 Å². The first kappa shape index (κ1) is 23.7. The lowest BCUT2D eigenvalue weighted by atomic mass is 10.2. The molecular weight excluding hydrogens is 490 g/mol. The van der Waals surface area contributed by atoms with Crippen LogP contribution in [0.3, 0.4) is 0 Å². The first-order chi connectivity index (χ1) is 14.7. The zero-order chi connectivity index (χ0) is 22.6. The third-order valence-corrected chi connectivity index (χ3v) is 5.88. The summed E-state index contributed by atoms with van der Waals surface area (Å²) in [7, 11) is -4.37. The number of halogens is 1. The summed E-state index contributed by atoms with van der Waals surface area (Å²) in [5.74, 6) is -0.795. The number of nitrogens with one attached hydrogen (secondary N) is 1. The van der Waals surface area contributed by atoms with Gasteiger partial charge in [0.25, 0.3) is 5.91 Å². The fraction of sp³-hybridized carbons (Fsp3) is 0.500. The van der Waals surface area contributed by atoms with E-state index < -0.39 is 22.5 Å². The van der Waals surface area contributed by atoms with Crippen molar-refractivity contribution in [3.63, 3.8) is 0 Å². The van der Waals surface area contributed by atoms with Crippen LogP contribution in [0.5, 0.6) is 5.75 Å². The summed E-state index contributed by atoms with van der Waals surface area (Å²) in [6, 6.07) is 5.41. The van der Waals surface area contributed by atoms with Gasteiger partial charge in [0, 0.05) is 16.8 Å². The molecule has 0 aliphatic carbocycles. The monoisotopic (exact) mass is 515 g/mol. The molecular formula is C20H26BrN3O6S. The summed E-state index contributed by atoms with van der Waals surface area (Å²) in [6.07, 6.45) is 3.17. The number of aryl methyl sites for hydroxylation is 1. The van der Waals surface area contributed by atoms with Gasteiger partial charge < -0.3 is 14.2 Å². The van der Waals surface area contributed by atoms with Gasteiger partial charge in [-0.3, -0.25) is 4.79 Å². The number of anilines is 1. The molecule has 0 saturated carbocycles. The van der Waals surface area contributed by atoms with Crippen LogP contribution < -0.4 is 9.50 Å². The first-order valence-electron chi connectivity index (χ1n) is 10.0. The minimum Gasteiger partial charge on any atom is -0.357 e. The van der Waals surface area contributed by atoms with E-state index in [0.717, 1.165) is 22.9 Å². The maximum absolute atomic E-state index is 13.2.